The maximum absolute atomic E-state index is 13.8. The van der Waals surface area contributed by atoms with Crippen LogP contribution in [0.15, 0.2) is 34.7 Å². The molecular weight excluding hydrogens is 437 g/mol. The monoisotopic (exact) mass is 467 g/mol. The number of carboxylic acid groups (broad SMARTS) is 1. The Bertz CT molecular complexity index is 1290. The minimum atomic E-state index is -0.994. The highest BCUT2D eigenvalue weighted by Gasteiger charge is 2.40. The van der Waals surface area contributed by atoms with Crippen LogP contribution in [0.1, 0.15) is 56.3 Å². The predicted molar refractivity (Wildman–Crippen MR) is 128 cm³/mol. The van der Waals surface area contributed by atoms with Crippen molar-refractivity contribution < 1.29 is 23.5 Å². The van der Waals surface area contributed by atoms with E-state index in [0.29, 0.717) is 22.4 Å². The number of hydrogen-bond donors (Lipinski definition) is 1. The van der Waals surface area contributed by atoms with Crippen molar-refractivity contribution in [2.24, 2.45) is 0 Å². The number of amides is 2. The first-order chi connectivity index (χ1) is 15.8. The van der Waals surface area contributed by atoms with Gasteiger partial charge in [0.05, 0.1) is 11.2 Å². The number of aromatic nitrogens is 1. The number of hydrogen-bond acceptors (Lipinski definition) is 4. The Balaban J connectivity index is 1.78. The number of fused-ring (bicyclic) bond motifs is 1. The van der Waals surface area contributed by atoms with Crippen molar-refractivity contribution in [3.05, 3.63) is 53.0 Å². The number of halogens is 1. The molecule has 8 heteroatoms. The normalized spacial score (nSPS) is 16.2. The van der Waals surface area contributed by atoms with E-state index in [1.807, 2.05) is 19.9 Å². The SMILES string of the molecule is Cc1cc(-c2cc(C(C)(C)C)c3oc(C(=O)N4CCN(C(=O)O)CC4(C)C)cc3n2)ccc1F. The second-order valence-corrected chi connectivity index (χ2v) is 10.6. The molecule has 2 amide bonds. The molecule has 4 rings (SSSR count). The second-order valence-electron chi connectivity index (χ2n) is 10.6. The van der Waals surface area contributed by atoms with Crippen LogP contribution in [0.25, 0.3) is 22.4 Å². The van der Waals surface area contributed by atoms with Crippen LogP contribution in [0.2, 0.25) is 0 Å². The molecule has 1 aliphatic heterocycles. The van der Waals surface area contributed by atoms with Gasteiger partial charge >= 0.3 is 6.09 Å². The standard InChI is InChI=1S/C26H30FN3O4/c1-15-11-16(7-8-18(15)27)19-12-17(25(2,3)4)22-20(28-19)13-21(34-22)23(31)30-10-9-29(24(32)33)14-26(30,5)6/h7-8,11-13H,9-10,14H2,1-6H3,(H,32,33). The average Bonchev–Trinajstić information content (AvgIpc) is 3.17. The van der Waals surface area contributed by atoms with E-state index in [1.54, 1.807) is 30.0 Å². The summed E-state index contributed by atoms with van der Waals surface area (Å²) >= 11 is 0. The summed E-state index contributed by atoms with van der Waals surface area (Å²) in [7, 11) is 0. The Morgan fingerprint density at radius 1 is 1.15 bits per heavy atom. The van der Waals surface area contributed by atoms with Crippen LogP contribution in [-0.2, 0) is 5.41 Å². The lowest BCUT2D eigenvalue weighted by atomic mass is 9.86. The van der Waals surface area contributed by atoms with Gasteiger partial charge in [-0.2, -0.15) is 0 Å². The third-order valence-corrected chi connectivity index (χ3v) is 6.37. The van der Waals surface area contributed by atoms with E-state index >= 15 is 0 Å². The van der Waals surface area contributed by atoms with Crippen LogP contribution < -0.4 is 0 Å². The molecular formula is C26H30FN3O4. The molecule has 0 atom stereocenters. The van der Waals surface area contributed by atoms with E-state index in [0.717, 1.165) is 11.1 Å². The van der Waals surface area contributed by atoms with E-state index < -0.39 is 11.6 Å². The number of carbonyl (C=O) groups excluding carboxylic acids is 1. The van der Waals surface area contributed by atoms with Gasteiger partial charge in [-0.1, -0.05) is 20.8 Å². The third kappa shape index (κ3) is 4.24. The largest absolute Gasteiger partial charge is 0.465 e. The Labute approximate surface area is 198 Å². The lowest BCUT2D eigenvalue weighted by Gasteiger charge is -2.45. The van der Waals surface area contributed by atoms with Crippen LogP contribution in [0.3, 0.4) is 0 Å². The topological polar surface area (TPSA) is 86.9 Å². The van der Waals surface area contributed by atoms with E-state index in [-0.39, 0.29) is 42.5 Å². The van der Waals surface area contributed by atoms with Gasteiger partial charge in [0, 0.05) is 36.8 Å². The summed E-state index contributed by atoms with van der Waals surface area (Å²) < 4.78 is 19.9. The van der Waals surface area contributed by atoms with Gasteiger partial charge in [0.1, 0.15) is 11.3 Å². The van der Waals surface area contributed by atoms with Gasteiger partial charge in [-0.05, 0) is 56.0 Å². The molecule has 1 saturated heterocycles. The first-order valence-corrected chi connectivity index (χ1v) is 11.3. The van der Waals surface area contributed by atoms with E-state index in [1.165, 1.54) is 11.0 Å². The van der Waals surface area contributed by atoms with Crippen LogP contribution in [0.5, 0.6) is 0 Å². The molecule has 1 aliphatic rings. The number of furan rings is 1. The maximum atomic E-state index is 13.8. The highest BCUT2D eigenvalue weighted by atomic mass is 19.1. The van der Waals surface area contributed by atoms with Crippen molar-refractivity contribution >= 4 is 23.1 Å². The summed E-state index contributed by atoms with van der Waals surface area (Å²) in [6.45, 7) is 12.3. The Hall–Kier alpha value is -3.42. The molecule has 0 radical (unpaired) electrons. The number of benzene rings is 1. The van der Waals surface area contributed by atoms with Gasteiger partial charge in [0.15, 0.2) is 11.3 Å². The lowest BCUT2D eigenvalue weighted by molar-refractivity contribution is 0.0179. The molecule has 0 saturated carbocycles. The Morgan fingerprint density at radius 3 is 2.44 bits per heavy atom. The summed E-state index contributed by atoms with van der Waals surface area (Å²) in [5.41, 5.74) is 2.99. The second kappa shape index (κ2) is 8.11. The number of carbonyl (C=O) groups is 2. The van der Waals surface area contributed by atoms with Crippen molar-refractivity contribution in [2.45, 2.75) is 52.5 Å². The van der Waals surface area contributed by atoms with Crippen LogP contribution in [0, 0.1) is 12.7 Å². The molecule has 2 aromatic heterocycles. The van der Waals surface area contributed by atoms with E-state index in [9.17, 15) is 19.1 Å². The molecule has 34 heavy (non-hydrogen) atoms. The summed E-state index contributed by atoms with van der Waals surface area (Å²) in [6, 6.07) is 8.46. The Morgan fingerprint density at radius 2 is 1.85 bits per heavy atom. The van der Waals surface area contributed by atoms with Gasteiger partial charge in [0.2, 0.25) is 0 Å². The zero-order valence-electron chi connectivity index (χ0n) is 20.4. The molecule has 0 unspecified atom stereocenters. The van der Waals surface area contributed by atoms with Gasteiger partial charge < -0.3 is 19.3 Å². The summed E-state index contributed by atoms with van der Waals surface area (Å²) in [5.74, 6) is -0.410. The van der Waals surface area contributed by atoms with Crippen LogP contribution in [0.4, 0.5) is 9.18 Å². The van der Waals surface area contributed by atoms with E-state index in [4.69, 9.17) is 9.40 Å². The molecule has 0 spiro atoms. The fourth-order valence-electron chi connectivity index (χ4n) is 4.46. The quantitative estimate of drug-likeness (QED) is 0.541. The van der Waals surface area contributed by atoms with E-state index in [2.05, 4.69) is 20.8 Å². The number of piperazine rings is 1. The van der Waals surface area contributed by atoms with Gasteiger partial charge in [-0.25, -0.2) is 14.2 Å². The minimum absolute atomic E-state index is 0.164. The fraction of sp³-hybridized carbons (Fsp3) is 0.423. The molecule has 7 nitrogen and oxygen atoms in total. The highest BCUT2D eigenvalue weighted by molar-refractivity contribution is 5.97. The first-order valence-electron chi connectivity index (χ1n) is 11.3. The average molecular weight is 468 g/mol. The lowest BCUT2D eigenvalue weighted by Crippen LogP contribution is -2.61. The Kier molecular flexibility index (Phi) is 5.66. The summed E-state index contributed by atoms with van der Waals surface area (Å²) in [4.78, 5) is 32.6. The number of nitrogens with zero attached hydrogens (tertiary/aromatic N) is 3. The fourth-order valence-corrected chi connectivity index (χ4v) is 4.46. The zero-order valence-corrected chi connectivity index (χ0v) is 20.4. The van der Waals surface area contributed by atoms with Crippen molar-refractivity contribution in [1.82, 2.24) is 14.8 Å². The molecule has 1 aromatic carbocycles. The first kappa shape index (κ1) is 23.7. The molecule has 0 aliphatic carbocycles. The predicted octanol–water partition coefficient (Wildman–Crippen LogP) is 5.45. The molecule has 1 N–H and O–H groups in total. The number of rotatable bonds is 2. The maximum Gasteiger partial charge on any atom is 0.407 e. The molecule has 0 bridgehead atoms. The molecule has 180 valence electrons. The van der Waals surface area contributed by atoms with Gasteiger partial charge in [0.25, 0.3) is 5.91 Å². The van der Waals surface area contributed by atoms with Gasteiger partial charge in [-0.15, -0.1) is 0 Å². The van der Waals surface area contributed by atoms with Crippen molar-refractivity contribution in [2.75, 3.05) is 19.6 Å². The van der Waals surface area contributed by atoms with Crippen molar-refractivity contribution in [3.8, 4) is 11.3 Å². The molecule has 3 aromatic rings. The summed E-state index contributed by atoms with van der Waals surface area (Å²) in [5, 5.41) is 9.34. The highest BCUT2D eigenvalue weighted by Crippen LogP contribution is 2.35. The zero-order chi connectivity index (χ0) is 25.0. The third-order valence-electron chi connectivity index (χ3n) is 6.37. The molecule has 1 fully saturated rings. The van der Waals surface area contributed by atoms with Crippen molar-refractivity contribution in [3.63, 3.8) is 0 Å². The minimum Gasteiger partial charge on any atom is -0.465 e. The number of pyridine rings is 1. The van der Waals surface area contributed by atoms with Crippen LogP contribution in [-0.4, -0.2) is 57.1 Å². The smallest absolute Gasteiger partial charge is 0.407 e. The van der Waals surface area contributed by atoms with Crippen LogP contribution >= 0.6 is 0 Å². The van der Waals surface area contributed by atoms with Crippen molar-refractivity contribution in [1.29, 1.82) is 0 Å². The number of aryl methyl sites for hydroxylation is 1. The summed E-state index contributed by atoms with van der Waals surface area (Å²) in [6.07, 6.45) is -0.994. The van der Waals surface area contributed by atoms with Gasteiger partial charge in [-0.3, -0.25) is 4.79 Å². The molecule has 3 heterocycles.